The lowest BCUT2D eigenvalue weighted by Crippen LogP contribution is -1.91. The van der Waals surface area contributed by atoms with E-state index in [-0.39, 0.29) is 0 Å². The molecule has 0 aliphatic rings. The number of aryl methyl sites for hydroxylation is 1. The number of alkyl halides is 1. The molecule has 0 spiro atoms. The number of nitrogens with zero attached hydrogens (tertiary/aromatic N) is 2. The minimum absolute atomic E-state index is 0.469. The van der Waals surface area contributed by atoms with Crippen LogP contribution in [0.15, 0.2) is 30.5 Å². The van der Waals surface area contributed by atoms with Crippen LogP contribution in [0.25, 0.3) is 11.3 Å². The lowest BCUT2D eigenvalue weighted by molar-refractivity contribution is 0.340. The third-order valence-electron chi connectivity index (χ3n) is 2.49. The van der Waals surface area contributed by atoms with Gasteiger partial charge in [0.05, 0.1) is 18.2 Å². The van der Waals surface area contributed by atoms with Crippen molar-refractivity contribution in [2.75, 3.05) is 6.61 Å². The van der Waals surface area contributed by atoms with E-state index in [2.05, 4.69) is 5.10 Å². The molecule has 0 amide bonds. The Kier molecular flexibility index (Phi) is 3.69. The van der Waals surface area contributed by atoms with E-state index in [1.807, 2.05) is 44.4 Å². The number of benzene rings is 1. The smallest absolute Gasteiger partial charge is 0.119 e. The van der Waals surface area contributed by atoms with Gasteiger partial charge in [-0.15, -0.1) is 11.6 Å². The summed E-state index contributed by atoms with van der Waals surface area (Å²) in [5, 5.41) is 4.42. The fraction of sp³-hybridized carbons (Fsp3) is 0.308. The second-order valence-corrected chi connectivity index (χ2v) is 4.03. The maximum Gasteiger partial charge on any atom is 0.119 e. The van der Waals surface area contributed by atoms with Crippen LogP contribution in [0.2, 0.25) is 0 Å². The van der Waals surface area contributed by atoms with Crippen molar-refractivity contribution in [1.82, 2.24) is 9.78 Å². The Hall–Kier alpha value is -1.48. The van der Waals surface area contributed by atoms with Gasteiger partial charge in [0.1, 0.15) is 5.75 Å². The quantitative estimate of drug-likeness (QED) is 0.779. The van der Waals surface area contributed by atoms with Gasteiger partial charge in [-0.2, -0.15) is 5.10 Å². The van der Waals surface area contributed by atoms with E-state index in [1.165, 1.54) is 0 Å². The number of aromatic nitrogens is 2. The van der Waals surface area contributed by atoms with E-state index in [0.29, 0.717) is 12.5 Å². The molecule has 2 aromatic rings. The standard InChI is InChI=1S/C13H15ClN2O/c1-3-17-12-6-4-10(5-7-12)13-11(8-14)9-16(2)15-13/h4-7,9H,3,8H2,1-2H3. The van der Waals surface area contributed by atoms with Crippen molar-refractivity contribution in [3.05, 3.63) is 36.0 Å². The van der Waals surface area contributed by atoms with E-state index in [9.17, 15) is 0 Å². The Morgan fingerprint density at radius 1 is 1.29 bits per heavy atom. The highest BCUT2D eigenvalue weighted by atomic mass is 35.5. The summed E-state index contributed by atoms with van der Waals surface area (Å²) < 4.78 is 7.19. The zero-order valence-electron chi connectivity index (χ0n) is 9.98. The fourth-order valence-electron chi connectivity index (χ4n) is 1.75. The van der Waals surface area contributed by atoms with Crippen LogP contribution < -0.4 is 4.74 Å². The van der Waals surface area contributed by atoms with E-state index in [4.69, 9.17) is 16.3 Å². The molecule has 90 valence electrons. The van der Waals surface area contributed by atoms with Gasteiger partial charge in [-0.05, 0) is 31.2 Å². The van der Waals surface area contributed by atoms with Crippen LogP contribution in [0.3, 0.4) is 0 Å². The Balaban J connectivity index is 2.32. The fourth-order valence-corrected chi connectivity index (χ4v) is 1.95. The SMILES string of the molecule is CCOc1ccc(-c2nn(C)cc2CCl)cc1. The average Bonchev–Trinajstić information content (AvgIpc) is 2.72. The second-order valence-electron chi connectivity index (χ2n) is 3.77. The van der Waals surface area contributed by atoms with E-state index in [1.54, 1.807) is 4.68 Å². The number of halogens is 1. The molecule has 4 heteroatoms. The summed E-state index contributed by atoms with van der Waals surface area (Å²) in [5.74, 6) is 1.34. The summed E-state index contributed by atoms with van der Waals surface area (Å²) in [6, 6.07) is 7.91. The van der Waals surface area contributed by atoms with Crippen molar-refractivity contribution in [1.29, 1.82) is 0 Å². The van der Waals surface area contributed by atoms with Gasteiger partial charge in [0, 0.05) is 24.4 Å². The lowest BCUT2D eigenvalue weighted by Gasteiger charge is -2.04. The molecule has 1 aromatic heterocycles. The van der Waals surface area contributed by atoms with E-state index in [0.717, 1.165) is 22.6 Å². The van der Waals surface area contributed by atoms with Gasteiger partial charge in [-0.25, -0.2) is 0 Å². The van der Waals surface area contributed by atoms with E-state index >= 15 is 0 Å². The largest absolute Gasteiger partial charge is 0.494 e. The molecule has 17 heavy (non-hydrogen) atoms. The van der Waals surface area contributed by atoms with Crippen molar-refractivity contribution >= 4 is 11.6 Å². The molecule has 0 saturated heterocycles. The molecule has 0 aliphatic carbocycles. The number of hydrogen-bond donors (Lipinski definition) is 0. The van der Waals surface area contributed by atoms with Gasteiger partial charge in [0.25, 0.3) is 0 Å². The van der Waals surface area contributed by atoms with Crippen LogP contribution in [-0.2, 0) is 12.9 Å². The topological polar surface area (TPSA) is 27.1 Å². The molecule has 0 fully saturated rings. The lowest BCUT2D eigenvalue weighted by atomic mass is 10.1. The van der Waals surface area contributed by atoms with Crippen molar-refractivity contribution in [2.45, 2.75) is 12.8 Å². The zero-order valence-corrected chi connectivity index (χ0v) is 10.7. The number of rotatable bonds is 4. The third-order valence-corrected chi connectivity index (χ3v) is 2.78. The minimum atomic E-state index is 0.469. The summed E-state index contributed by atoms with van der Waals surface area (Å²) in [6.07, 6.45) is 1.94. The Morgan fingerprint density at radius 2 is 2.00 bits per heavy atom. The first-order valence-electron chi connectivity index (χ1n) is 5.56. The monoisotopic (exact) mass is 250 g/mol. The van der Waals surface area contributed by atoms with Crippen molar-refractivity contribution in [3.63, 3.8) is 0 Å². The van der Waals surface area contributed by atoms with Crippen LogP contribution in [0, 0.1) is 0 Å². The molecule has 0 atom stereocenters. The summed E-state index contributed by atoms with van der Waals surface area (Å²) in [7, 11) is 1.90. The maximum absolute atomic E-state index is 5.90. The maximum atomic E-state index is 5.90. The Morgan fingerprint density at radius 3 is 2.59 bits per heavy atom. The summed E-state index contributed by atoms with van der Waals surface area (Å²) in [6.45, 7) is 2.65. The predicted octanol–water partition coefficient (Wildman–Crippen LogP) is 3.22. The Bertz CT molecular complexity index is 491. The van der Waals surface area contributed by atoms with Crippen LogP contribution in [-0.4, -0.2) is 16.4 Å². The summed E-state index contributed by atoms with van der Waals surface area (Å²) >= 11 is 5.90. The first kappa shape index (κ1) is 12.0. The second kappa shape index (κ2) is 5.23. The first-order valence-corrected chi connectivity index (χ1v) is 6.09. The van der Waals surface area contributed by atoms with Gasteiger partial charge in [-0.1, -0.05) is 0 Å². The molecule has 0 saturated carbocycles. The van der Waals surface area contributed by atoms with Gasteiger partial charge < -0.3 is 4.74 Å². The van der Waals surface area contributed by atoms with Gasteiger partial charge in [0.15, 0.2) is 0 Å². The molecular weight excluding hydrogens is 236 g/mol. The summed E-state index contributed by atoms with van der Waals surface area (Å²) in [5.41, 5.74) is 3.04. The highest BCUT2D eigenvalue weighted by Gasteiger charge is 2.09. The molecule has 0 N–H and O–H groups in total. The number of ether oxygens (including phenoxy) is 1. The van der Waals surface area contributed by atoms with E-state index < -0.39 is 0 Å². The zero-order chi connectivity index (χ0) is 12.3. The molecule has 2 rings (SSSR count). The molecule has 1 aromatic carbocycles. The molecule has 1 heterocycles. The van der Waals surface area contributed by atoms with Crippen molar-refractivity contribution in [2.24, 2.45) is 7.05 Å². The number of hydrogen-bond acceptors (Lipinski definition) is 2. The molecular formula is C13H15ClN2O. The predicted molar refractivity (Wildman–Crippen MR) is 69.4 cm³/mol. The first-order chi connectivity index (χ1) is 8.24. The van der Waals surface area contributed by atoms with Gasteiger partial charge in [0.2, 0.25) is 0 Å². The Labute approximate surface area is 106 Å². The highest BCUT2D eigenvalue weighted by Crippen LogP contribution is 2.25. The summed E-state index contributed by atoms with van der Waals surface area (Å²) in [4.78, 5) is 0. The molecule has 0 bridgehead atoms. The average molecular weight is 251 g/mol. The third kappa shape index (κ3) is 2.61. The minimum Gasteiger partial charge on any atom is -0.494 e. The normalized spacial score (nSPS) is 10.5. The van der Waals surface area contributed by atoms with Crippen LogP contribution >= 0.6 is 11.6 Å². The van der Waals surface area contributed by atoms with Gasteiger partial charge in [-0.3, -0.25) is 4.68 Å². The molecule has 0 unspecified atom stereocenters. The van der Waals surface area contributed by atoms with Crippen molar-refractivity contribution < 1.29 is 4.74 Å². The molecule has 0 aliphatic heterocycles. The van der Waals surface area contributed by atoms with Crippen LogP contribution in [0.1, 0.15) is 12.5 Å². The van der Waals surface area contributed by atoms with Crippen LogP contribution in [0.4, 0.5) is 0 Å². The van der Waals surface area contributed by atoms with Crippen LogP contribution in [0.5, 0.6) is 5.75 Å². The highest BCUT2D eigenvalue weighted by molar-refractivity contribution is 6.17. The van der Waals surface area contributed by atoms with Gasteiger partial charge >= 0.3 is 0 Å². The molecule has 3 nitrogen and oxygen atoms in total. The van der Waals surface area contributed by atoms with Crippen molar-refractivity contribution in [3.8, 4) is 17.0 Å². The molecule has 0 radical (unpaired) electrons.